The van der Waals surface area contributed by atoms with Gasteiger partial charge in [-0.3, -0.25) is 9.89 Å². The molecule has 180 valence electrons. The molecule has 0 spiro atoms. The largest absolute Gasteiger partial charge is 0.494 e. The Balaban J connectivity index is 1.50. The van der Waals surface area contributed by atoms with Gasteiger partial charge in [-0.15, -0.1) is 0 Å². The Labute approximate surface area is 209 Å². The van der Waals surface area contributed by atoms with Crippen molar-refractivity contribution >= 4 is 17.5 Å². The van der Waals surface area contributed by atoms with Crippen molar-refractivity contribution in [2.24, 2.45) is 0 Å². The van der Waals surface area contributed by atoms with Crippen LogP contribution in [0.1, 0.15) is 53.8 Å². The summed E-state index contributed by atoms with van der Waals surface area (Å²) in [5, 5.41) is 8.22. The number of nitrogens with zero attached hydrogens (tertiary/aromatic N) is 4. The van der Waals surface area contributed by atoms with Gasteiger partial charge in [-0.25, -0.2) is 4.98 Å². The number of aromatic amines is 1. The standard InChI is InChI=1S/C27H28ClN5O2/c1-2-3-16-35-22-7-4-6-20(17-22)26-23-24(19-8-10-21(28)11-9-19)30-31-25(23)27(34)33(26)14-5-13-32-15-12-29-18-32/h4,6-12,15,17-18,26H,2-3,5,13-14,16H2,1H3,(H,30,31). The zero-order valence-corrected chi connectivity index (χ0v) is 20.4. The zero-order valence-electron chi connectivity index (χ0n) is 19.7. The molecule has 0 bridgehead atoms. The number of hydrogen-bond acceptors (Lipinski definition) is 4. The minimum atomic E-state index is -0.264. The lowest BCUT2D eigenvalue weighted by Gasteiger charge is -2.27. The first-order valence-electron chi connectivity index (χ1n) is 12.0. The van der Waals surface area contributed by atoms with Gasteiger partial charge in [-0.2, -0.15) is 5.10 Å². The molecule has 2 aromatic heterocycles. The van der Waals surface area contributed by atoms with Crippen molar-refractivity contribution < 1.29 is 9.53 Å². The van der Waals surface area contributed by atoms with E-state index in [9.17, 15) is 4.79 Å². The monoisotopic (exact) mass is 489 g/mol. The van der Waals surface area contributed by atoms with Crippen LogP contribution >= 0.6 is 11.6 Å². The van der Waals surface area contributed by atoms with E-state index in [-0.39, 0.29) is 11.9 Å². The highest BCUT2D eigenvalue weighted by Gasteiger charge is 2.42. The number of rotatable bonds is 10. The Morgan fingerprint density at radius 1 is 1.11 bits per heavy atom. The van der Waals surface area contributed by atoms with Crippen LogP contribution in [-0.4, -0.2) is 43.7 Å². The molecule has 0 aliphatic carbocycles. The molecule has 5 rings (SSSR count). The predicted molar refractivity (Wildman–Crippen MR) is 136 cm³/mol. The van der Waals surface area contributed by atoms with Crippen LogP contribution in [0.2, 0.25) is 5.02 Å². The fraction of sp³-hybridized carbons (Fsp3) is 0.296. The molecule has 1 aliphatic heterocycles. The van der Waals surface area contributed by atoms with Gasteiger partial charge in [0.25, 0.3) is 5.91 Å². The second kappa shape index (κ2) is 10.4. The van der Waals surface area contributed by atoms with Crippen molar-refractivity contribution in [2.75, 3.05) is 13.2 Å². The molecule has 1 atom stereocenters. The summed E-state index contributed by atoms with van der Waals surface area (Å²) in [7, 11) is 0. The summed E-state index contributed by atoms with van der Waals surface area (Å²) < 4.78 is 8.01. The van der Waals surface area contributed by atoms with E-state index in [2.05, 4.69) is 28.2 Å². The van der Waals surface area contributed by atoms with E-state index >= 15 is 0 Å². The van der Waals surface area contributed by atoms with Gasteiger partial charge < -0.3 is 14.2 Å². The maximum atomic E-state index is 13.6. The number of hydrogen-bond donors (Lipinski definition) is 1. The first-order chi connectivity index (χ1) is 17.2. The van der Waals surface area contributed by atoms with E-state index in [1.807, 2.05) is 58.1 Å². The third-order valence-corrected chi connectivity index (χ3v) is 6.55. The van der Waals surface area contributed by atoms with E-state index < -0.39 is 0 Å². The van der Waals surface area contributed by atoms with Gasteiger partial charge in [0.1, 0.15) is 11.4 Å². The van der Waals surface area contributed by atoms with Crippen LogP contribution in [0, 0.1) is 0 Å². The number of unbranched alkanes of at least 4 members (excludes halogenated alkanes) is 1. The summed E-state index contributed by atoms with van der Waals surface area (Å²) in [5.74, 6) is 0.771. The molecule has 1 amide bonds. The van der Waals surface area contributed by atoms with Crippen LogP contribution in [0.25, 0.3) is 11.3 Å². The summed E-state index contributed by atoms with van der Waals surface area (Å²) in [6.07, 6.45) is 8.38. The van der Waals surface area contributed by atoms with Gasteiger partial charge >= 0.3 is 0 Å². The molecule has 0 saturated heterocycles. The van der Waals surface area contributed by atoms with E-state index in [1.165, 1.54) is 0 Å². The molecule has 7 nitrogen and oxygen atoms in total. The van der Waals surface area contributed by atoms with Crippen molar-refractivity contribution in [3.63, 3.8) is 0 Å². The summed E-state index contributed by atoms with van der Waals surface area (Å²) >= 11 is 6.12. The van der Waals surface area contributed by atoms with E-state index in [0.717, 1.165) is 53.9 Å². The summed E-state index contributed by atoms with van der Waals surface area (Å²) in [6, 6.07) is 15.4. The van der Waals surface area contributed by atoms with E-state index in [4.69, 9.17) is 16.3 Å². The number of aryl methyl sites for hydroxylation is 1. The molecule has 0 radical (unpaired) electrons. The number of ether oxygens (including phenoxy) is 1. The lowest BCUT2D eigenvalue weighted by atomic mass is 9.96. The van der Waals surface area contributed by atoms with Crippen molar-refractivity contribution in [2.45, 2.75) is 38.8 Å². The van der Waals surface area contributed by atoms with Crippen LogP contribution in [0.5, 0.6) is 5.75 Å². The van der Waals surface area contributed by atoms with Crippen molar-refractivity contribution in [3.8, 4) is 17.0 Å². The van der Waals surface area contributed by atoms with Crippen LogP contribution in [0.3, 0.4) is 0 Å². The fourth-order valence-electron chi connectivity index (χ4n) is 4.55. The molecule has 3 heterocycles. The maximum absolute atomic E-state index is 13.6. The molecule has 1 unspecified atom stereocenters. The lowest BCUT2D eigenvalue weighted by molar-refractivity contribution is 0.0739. The predicted octanol–water partition coefficient (Wildman–Crippen LogP) is 5.74. The number of nitrogens with one attached hydrogen (secondary N) is 1. The second-order valence-electron chi connectivity index (χ2n) is 8.70. The SMILES string of the molecule is CCCCOc1cccc(C2c3c(-c4ccc(Cl)cc4)n[nH]c3C(=O)N2CCCn2ccnc2)c1. The molecule has 1 N–H and O–H groups in total. The Kier molecular flexibility index (Phi) is 6.86. The van der Waals surface area contributed by atoms with Crippen molar-refractivity contribution in [1.82, 2.24) is 24.6 Å². The summed E-state index contributed by atoms with van der Waals surface area (Å²) in [5.41, 5.74) is 4.13. The van der Waals surface area contributed by atoms with Gasteiger partial charge in [0.2, 0.25) is 0 Å². The highest BCUT2D eigenvalue weighted by Crippen LogP contribution is 2.43. The van der Waals surface area contributed by atoms with Crippen molar-refractivity contribution in [3.05, 3.63) is 89.1 Å². The number of carbonyl (C=O) groups excluding carboxylic acids is 1. The summed E-state index contributed by atoms with van der Waals surface area (Å²) in [6.45, 7) is 4.20. The smallest absolute Gasteiger partial charge is 0.273 e. The number of amides is 1. The van der Waals surface area contributed by atoms with Crippen LogP contribution in [0.15, 0.2) is 67.3 Å². The topological polar surface area (TPSA) is 76.0 Å². The summed E-state index contributed by atoms with van der Waals surface area (Å²) in [4.78, 5) is 19.6. The number of H-pyrrole nitrogens is 1. The normalized spacial score (nSPS) is 15.0. The highest BCUT2D eigenvalue weighted by molar-refractivity contribution is 6.30. The number of aromatic nitrogens is 4. The third kappa shape index (κ3) is 4.82. The molecule has 4 aromatic rings. The maximum Gasteiger partial charge on any atom is 0.273 e. The molecule has 0 saturated carbocycles. The molecule has 0 fully saturated rings. The molecule has 1 aliphatic rings. The second-order valence-corrected chi connectivity index (χ2v) is 9.13. The van der Waals surface area contributed by atoms with Crippen molar-refractivity contribution in [1.29, 1.82) is 0 Å². The lowest BCUT2D eigenvalue weighted by Crippen LogP contribution is -2.31. The van der Waals surface area contributed by atoms with Gasteiger partial charge in [-0.05, 0) is 42.7 Å². The highest BCUT2D eigenvalue weighted by atomic mass is 35.5. The number of halogens is 1. The van der Waals surface area contributed by atoms with Gasteiger partial charge in [0.05, 0.1) is 24.7 Å². The molecule has 35 heavy (non-hydrogen) atoms. The Morgan fingerprint density at radius 2 is 1.97 bits per heavy atom. The quantitative estimate of drug-likeness (QED) is 0.288. The van der Waals surface area contributed by atoms with E-state index in [0.29, 0.717) is 23.9 Å². The molecule has 2 aromatic carbocycles. The third-order valence-electron chi connectivity index (χ3n) is 6.30. The first kappa shape index (κ1) is 23.2. The Hall–Kier alpha value is -3.58. The molecule has 8 heteroatoms. The Bertz CT molecular complexity index is 1280. The number of fused-ring (bicyclic) bond motifs is 1. The van der Waals surface area contributed by atoms with Gasteiger partial charge in [0, 0.05) is 41.6 Å². The minimum absolute atomic E-state index is 0.0411. The van der Waals surface area contributed by atoms with E-state index in [1.54, 1.807) is 12.5 Å². The van der Waals surface area contributed by atoms with Crippen LogP contribution in [-0.2, 0) is 6.54 Å². The number of benzene rings is 2. The first-order valence-corrected chi connectivity index (χ1v) is 12.4. The van der Waals surface area contributed by atoms with Crippen LogP contribution in [0.4, 0.5) is 0 Å². The number of imidazole rings is 1. The average molecular weight is 490 g/mol. The minimum Gasteiger partial charge on any atom is -0.494 e. The van der Waals surface area contributed by atoms with Crippen LogP contribution < -0.4 is 4.74 Å². The fourth-order valence-corrected chi connectivity index (χ4v) is 4.68. The average Bonchev–Trinajstić information content (AvgIpc) is 3.59. The zero-order chi connectivity index (χ0) is 24.2. The number of carbonyl (C=O) groups is 1. The van der Waals surface area contributed by atoms with Gasteiger partial charge in [0.15, 0.2) is 0 Å². The molecular weight excluding hydrogens is 462 g/mol. The molecular formula is C27H28ClN5O2. The Morgan fingerprint density at radius 3 is 2.74 bits per heavy atom. The van der Waals surface area contributed by atoms with Gasteiger partial charge in [-0.1, -0.05) is 49.2 Å².